The van der Waals surface area contributed by atoms with Crippen LogP contribution in [0.5, 0.6) is 0 Å². The second-order valence-corrected chi connectivity index (χ2v) is 5.19. The molecule has 0 aliphatic heterocycles. The van der Waals surface area contributed by atoms with E-state index < -0.39 is 0 Å². The van der Waals surface area contributed by atoms with Gasteiger partial charge in [0.2, 0.25) is 0 Å². The third kappa shape index (κ3) is 2.62. The average Bonchev–Trinajstić information content (AvgIpc) is 2.80. The van der Waals surface area contributed by atoms with Crippen LogP contribution in [0, 0.1) is 10.6 Å². The van der Waals surface area contributed by atoms with E-state index in [2.05, 4.69) is 4.98 Å². The summed E-state index contributed by atoms with van der Waals surface area (Å²) in [6.45, 7) is 0.626. The fourth-order valence-corrected chi connectivity index (χ4v) is 2.77. The molecule has 0 spiro atoms. The number of benzene rings is 2. The minimum atomic E-state index is -0.278. The van der Waals surface area contributed by atoms with Crippen LogP contribution < -0.4 is 0 Å². The van der Waals surface area contributed by atoms with Crippen molar-refractivity contribution in [1.29, 1.82) is 0 Å². The van der Waals surface area contributed by atoms with Crippen molar-refractivity contribution < 1.29 is 9.13 Å². The van der Waals surface area contributed by atoms with Crippen LogP contribution in [0.2, 0.25) is 0 Å². The third-order valence-corrected chi connectivity index (χ3v) is 3.74. The maximum Gasteiger partial charge on any atom is 0.182 e. The maximum atomic E-state index is 13.6. The molecule has 21 heavy (non-hydrogen) atoms. The van der Waals surface area contributed by atoms with Crippen LogP contribution in [-0.4, -0.2) is 23.3 Å². The Kier molecular flexibility index (Phi) is 3.86. The number of nitrogens with zero attached hydrogens (tertiary/aromatic N) is 1. The van der Waals surface area contributed by atoms with Gasteiger partial charge < -0.3 is 9.72 Å². The van der Waals surface area contributed by atoms with E-state index in [0.29, 0.717) is 11.4 Å². The van der Waals surface area contributed by atoms with Crippen molar-refractivity contribution >= 4 is 23.3 Å². The molecule has 0 radical (unpaired) electrons. The van der Waals surface area contributed by atoms with Crippen molar-refractivity contribution in [1.82, 2.24) is 9.55 Å². The number of aromatic nitrogens is 2. The summed E-state index contributed by atoms with van der Waals surface area (Å²) in [5.41, 5.74) is 3.63. The molecule has 0 unspecified atom stereocenters. The molecule has 0 bridgehead atoms. The molecule has 1 N–H and O–H groups in total. The molecule has 1 heterocycles. The smallest absolute Gasteiger partial charge is 0.182 e. The van der Waals surface area contributed by atoms with Crippen molar-refractivity contribution in [3.05, 3.63) is 58.6 Å². The number of methoxy groups -OCH3 is 1. The molecule has 0 aliphatic rings. The fourth-order valence-electron chi connectivity index (χ4n) is 2.47. The van der Waals surface area contributed by atoms with E-state index in [-0.39, 0.29) is 5.82 Å². The molecule has 0 fully saturated rings. The highest BCUT2D eigenvalue weighted by Crippen LogP contribution is 2.23. The highest BCUT2D eigenvalue weighted by molar-refractivity contribution is 7.71. The van der Waals surface area contributed by atoms with Crippen LogP contribution >= 0.6 is 12.2 Å². The standard InChI is InChI=1S/C16H15FN2OS/c1-20-9-8-11-4-2-3-5-14(11)19-15-10-12(17)6-7-13(15)18-16(19)21/h2-7,10H,8-9H2,1H3,(H,18,21). The lowest BCUT2D eigenvalue weighted by atomic mass is 10.1. The second kappa shape index (κ2) is 5.79. The van der Waals surface area contributed by atoms with Gasteiger partial charge in [-0.15, -0.1) is 0 Å². The van der Waals surface area contributed by atoms with E-state index in [4.69, 9.17) is 17.0 Å². The number of hydrogen-bond donors (Lipinski definition) is 1. The normalized spacial score (nSPS) is 11.1. The Balaban J connectivity index is 2.23. The van der Waals surface area contributed by atoms with Gasteiger partial charge >= 0.3 is 0 Å². The lowest BCUT2D eigenvalue weighted by Crippen LogP contribution is -2.03. The van der Waals surface area contributed by atoms with Crippen LogP contribution in [0.25, 0.3) is 16.7 Å². The number of halogens is 1. The summed E-state index contributed by atoms with van der Waals surface area (Å²) in [7, 11) is 1.68. The predicted molar refractivity (Wildman–Crippen MR) is 84.0 cm³/mol. The number of hydrogen-bond acceptors (Lipinski definition) is 2. The van der Waals surface area contributed by atoms with E-state index in [9.17, 15) is 4.39 Å². The molecular weight excluding hydrogens is 287 g/mol. The number of ether oxygens (including phenoxy) is 1. The Bertz CT molecular complexity index is 838. The Morgan fingerprint density at radius 2 is 2.05 bits per heavy atom. The Hall–Kier alpha value is -1.98. The molecule has 0 aliphatic carbocycles. The average molecular weight is 302 g/mol. The minimum Gasteiger partial charge on any atom is -0.384 e. The van der Waals surface area contributed by atoms with Crippen LogP contribution in [0.15, 0.2) is 42.5 Å². The highest BCUT2D eigenvalue weighted by Gasteiger charge is 2.10. The van der Waals surface area contributed by atoms with Crippen LogP contribution in [0.3, 0.4) is 0 Å². The first-order valence-corrected chi connectivity index (χ1v) is 7.09. The summed E-state index contributed by atoms with van der Waals surface area (Å²) in [5.74, 6) is -0.278. The molecule has 0 atom stereocenters. The van der Waals surface area contributed by atoms with E-state index in [1.807, 2.05) is 28.8 Å². The summed E-state index contributed by atoms with van der Waals surface area (Å²) in [6.07, 6.45) is 0.774. The quantitative estimate of drug-likeness (QED) is 0.738. The molecule has 0 amide bonds. The van der Waals surface area contributed by atoms with Crippen molar-refractivity contribution in [3.8, 4) is 5.69 Å². The van der Waals surface area contributed by atoms with Crippen molar-refractivity contribution in [3.63, 3.8) is 0 Å². The van der Waals surface area contributed by atoms with Gasteiger partial charge in [0.05, 0.1) is 23.3 Å². The van der Waals surface area contributed by atoms with Crippen molar-refractivity contribution in [2.24, 2.45) is 0 Å². The Labute approximate surface area is 127 Å². The number of para-hydroxylation sites is 1. The first-order valence-electron chi connectivity index (χ1n) is 6.68. The molecule has 0 saturated carbocycles. The van der Waals surface area contributed by atoms with Gasteiger partial charge in [-0.1, -0.05) is 18.2 Å². The molecule has 3 rings (SSSR count). The topological polar surface area (TPSA) is 29.9 Å². The largest absolute Gasteiger partial charge is 0.384 e. The molecule has 2 aromatic carbocycles. The van der Waals surface area contributed by atoms with Gasteiger partial charge in [0.15, 0.2) is 4.77 Å². The highest BCUT2D eigenvalue weighted by atomic mass is 32.1. The molecule has 5 heteroatoms. The zero-order chi connectivity index (χ0) is 14.8. The summed E-state index contributed by atoms with van der Waals surface area (Å²) >= 11 is 5.40. The minimum absolute atomic E-state index is 0.278. The molecule has 108 valence electrons. The van der Waals surface area contributed by atoms with E-state index >= 15 is 0 Å². The van der Waals surface area contributed by atoms with Gasteiger partial charge in [0, 0.05) is 13.2 Å². The Morgan fingerprint density at radius 3 is 2.86 bits per heavy atom. The van der Waals surface area contributed by atoms with Crippen molar-refractivity contribution in [2.45, 2.75) is 6.42 Å². The summed E-state index contributed by atoms with van der Waals surface area (Å²) in [4.78, 5) is 3.12. The molecule has 0 saturated heterocycles. The van der Waals surface area contributed by atoms with Gasteiger partial charge in [-0.25, -0.2) is 4.39 Å². The summed E-state index contributed by atoms with van der Waals surface area (Å²) in [6, 6.07) is 12.6. The molecule has 1 aromatic heterocycles. The number of rotatable bonds is 4. The number of H-pyrrole nitrogens is 1. The lowest BCUT2D eigenvalue weighted by Gasteiger charge is -2.11. The number of imidazole rings is 1. The van der Waals surface area contributed by atoms with E-state index in [1.165, 1.54) is 12.1 Å². The summed E-state index contributed by atoms with van der Waals surface area (Å²) in [5, 5.41) is 0. The third-order valence-electron chi connectivity index (χ3n) is 3.45. The SMILES string of the molecule is COCCc1ccccc1-n1c(=S)[nH]c2ccc(F)cc21. The zero-order valence-electron chi connectivity index (χ0n) is 11.6. The number of nitrogens with one attached hydrogen (secondary N) is 1. The van der Waals surface area contributed by atoms with Crippen LogP contribution in [0.4, 0.5) is 4.39 Å². The Morgan fingerprint density at radius 1 is 1.24 bits per heavy atom. The monoisotopic (exact) mass is 302 g/mol. The van der Waals surface area contributed by atoms with Crippen LogP contribution in [-0.2, 0) is 11.2 Å². The second-order valence-electron chi connectivity index (χ2n) is 4.80. The maximum absolute atomic E-state index is 13.6. The van der Waals surface area contributed by atoms with Gasteiger partial charge in [-0.05, 0) is 42.4 Å². The number of fused-ring (bicyclic) bond motifs is 1. The van der Waals surface area contributed by atoms with Gasteiger partial charge in [-0.2, -0.15) is 0 Å². The predicted octanol–water partition coefficient (Wildman–Crippen LogP) is 4.02. The molecule has 3 aromatic rings. The molecule has 3 nitrogen and oxygen atoms in total. The van der Waals surface area contributed by atoms with Gasteiger partial charge in [0.1, 0.15) is 5.82 Å². The van der Waals surface area contributed by atoms with Gasteiger partial charge in [0.25, 0.3) is 0 Å². The van der Waals surface area contributed by atoms with Gasteiger partial charge in [-0.3, -0.25) is 4.57 Å². The first-order chi connectivity index (χ1) is 10.2. The summed E-state index contributed by atoms with van der Waals surface area (Å²) < 4.78 is 21.1. The fraction of sp³-hybridized carbons (Fsp3) is 0.188. The van der Waals surface area contributed by atoms with Crippen LogP contribution in [0.1, 0.15) is 5.56 Å². The molecular formula is C16H15FN2OS. The van der Waals surface area contributed by atoms with E-state index in [1.54, 1.807) is 13.2 Å². The van der Waals surface area contributed by atoms with Crippen molar-refractivity contribution in [2.75, 3.05) is 13.7 Å². The zero-order valence-corrected chi connectivity index (χ0v) is 12.4. The van der Waals surface area contributed by atoms with E-state index in [0.717, 1.165) is 28.7 Å². The lowest BCUT2D eigenvalue weighted by molar-refractivity contribution is 0.202. The first kappa shape index (κ1) is 14.0. The number of aromatic amines is 1.